The molecule has 0 radical (unpaired) electrons. The van der Waals surface area contributed by atoms with Gasteiger partial charge in [0.2, 0.25) is 0 Å². The number of aliphatic carboxylic acids is 1. The third-order valence-corrected chi connectivity index (χ3v) is 2.84. The van der Waals surface area contributed by atoms with E-state index in [2.05, 4.69) is 5.43 Å². The molecule has 0 spiro atoms. The first-order valence-electron chi connectivity index (χ1n) is 4.52. The number of hydrazine groups is 1. The topological polar surface area (TPSA) is 52.6 Å². The molecule has 3 atom stereocenters. The maximum Gasteiger partial charge on any atom is 0.322 e. The van der Waals surface area contributed by atoms with Crippen LogP contribution in [0.4, 0.5) is 0 Å². The number of carboxylic acid groups (broad SMARTS) is 1. The van der Waals surface area contributed by atoms with Crippen molar-refractivity contribution >= 4 is 5.97 Å². The molecule has 4 heteroatoms. The van der Waals surface area contributed by atoms with E-state index in [1.165, 1.54) is 0 Å². The summed E-state index contributed by atoms with van der Waals surface area (Å²) in [5.74, 6) is -0.301. The fourth-order valence-corrected chi connectivity index (χ4v) is 2.28. The Labute approximate surface area is 71.5 Å². The fourth-order valence-electron chi connectivity index (χ4n) is 2.28. The monoisotopic (exact) mass is 170 g/mol. The molecule has 12 heavy (non-hydrogen) atoms. The Kier molecular flexibility index (Phi) is 2.02. The van der Waals surface area contributed by atoms with Crippen LogP contribution in [-0.2, 0) is 4.79 Å². The van der Waals surface area contributed by atoms with Gasteiger partial charge in [0.05, 0.1) is 0 Å². The molecule has 2 heterocycles. The summed E-state index contributed by atoms with van der Waals surface area (Å²) >= 11 is 0. The number of carboxylic acids is 1. The van der Waals surface area contributed by atoms with Crippen LogP contribution in [0.2, 0.25) is 0 Å². The lowest BCUT2D eigenvalue weighted by atomic mass is 9.86. The van der Waals surface area contributed by atoms with Gasteiger partial charge in [-0.1, -0.05) is 0 Å². The lowest BCUT2D eigenvalue weighted by Crippen LogP contribution is -2.60. The number of rotatable bonds is 1. The zero-order valence-corrected chi connectivity index (χ0v) is 6.99. The van der Waals surface area contributed by atoms with E-state index < -0.39 is 5.97 Å². The van der Waals surface area contributed by atoms with Crippen LogP contribution in [0.5, 0.6) is 0 Å². The van der Waals surface area contributed by atoms with Gasteiger partial charge in [0.1, 0.15) is 6.04 Å². The van der Waals surface area contributed by atoms with E-state index in [9.17, 15) is 4.79 Å². The summed E-state index contributed by atoms with van der Waals surface area (Å²) in [6.45, 7) is 1.82. The normalized spacial score (nSPS) is 40.8. The maximum atomic E-state index is 10.9. The Hall–Kier alpha value is -0.610. The number of nitrogens with one attached hydrogen (secondary N) is 1. The highest BCUT2D eigenvalue weighted by Gasteiger charge is 2.39. The second-order valence-electron chi connectivity index (χ2n) is 3.58. The maximum absolute atomic E-state index is 10.9. The van der Waals surface area contributed by atoms with Crippen molar-refractivity contribution in [3.63, 3.8) is 0 Å². The molecule has 0 aromatic carbocycles. The number of hydrogen-bond donors (Lipinski definition) is 2. The quantitative estimate of drug-likeness (QED) is 0.584. The summed E-state index contributed by atoms with van der Waals surface area (Å²) in [4.78, 5) is 10.9. The van der Waals surface area contributed by atoms with Crippen molar-refractivity contribution in [1.82, 2.24) is 10.4 Å². The predicted molar refractivity (Wildman–Crippen MR) is 43.5 cm³/mol. The van der Waals surface area contributed by atoms with Gasteiger partial charge in [-0.2, -0.15) is 0 Å². The number of carbonyl (C=O) groups is 1. The van der Waals surface area contributed by atoms with Crippen LogP contribution in [-0.4, -0.2) is 35.2 Å². The van der Waals surface area contributed by atoms with Gasteiger partial charge in [0.15, 0.2) is 0 Å². The molecule has 0 aromatic heterocycles. The van der Waals surface area contributed by atoms with Crippen molar-refractivity contribution in [3.8, 4) is 0 Å². The largest absolute Gasteiger partial charge is 0.480 e. The SMILES string of the molecule is O=C(O)C1C2CCCN1NCC2. The average molecular weight is 170 g/mol. The predicted octanol–water partition coefficient (Wildman–Crippen LogP) is 0.0599. The van der Waals surface area contributed by atoms with E-state index in [0.717, 1.165) is 32.4 Å². The summed E-state index contributed by atoms with van der Waals surface area (Å²) in [7, 11) is 0. The first kappa shape index (κ1) is 8.01. The summed E-state index contributed by atoms with van der Waals surface area (Å²) < 4.78 is 0. The second-order valence-corrected chi connectivity index (χ2v) is 3.58. The van der Waals surface area contributed by atoms with Crippen LogP contribution in [0.1, 0.15) is 19.3 Å². The van der Waals surface area contributed by atoms with Crippen molar-refractivity contribution < 1.29 is 9.90 Å². The number of fused-ring (bicyclic) bond motifs is 2. The van der Waals surface area contributed by atoms with E-state index in [1.54, 1.807) is 0 Å². The molecule has 2 saturated heterocycles. The Morgan fingerprint density at radius 2 is 2.33 bits per heavy atom. The molecule has 2 fully saturated rings. The van der Waals surface area contributed by atoms with Crippen LogP contribution in [0.25, 0.3) is 0 Å². The first-order chi connectivity index (χ1) is 5.79. The third kappa shape index (κ3) is 1.21. The molecule has 4 nitrogen and oxygen atoms in total. The molecule has 0 amide bonds. The van der Waals surface area contributed by atoms with Crippen molar-refractivity contribution in [2.24, 2.45) is 5.92 Å². The van der Waals surface area contributed by atoms with Crippen LogP contribution < -0.4 is 5.43 Å². The zero-order chi connectivity index (χ0) is 8.55. The Balaban J connectivity index is 2.13. The smallest absolute Gasteiger partial charge is 0.322 e. The van der Waals surface area contributed by atoms with Gasteiger partial charge < -0.3 is 5.11 Å². The van der Waals surface area contributed by atoms with E-state index in [4.69, 9.17) is 5.11 Å². The summed E-state index contributed by atoms with van der Waals surface area (Å²) in [6.07, 6.45) is 3.21. The van der Waals surface area contributed by atoms with Crippen molar-refractivity contribution in [3.05, 3.63) is 0 Å². The van der Waals surface area contributed by atoms with Gasteiger partial charge in [-0.25, -0.2) is 5.01 Å². The van der Waals surface area contributed by atoms with Gasteiger partial charge >= 0.3 is 5.97 Å². The molecule has 0 aliphatic carbocycles. The molecule has 0 aromatic rings. The lowest BCUT2D eigenvalue weighted by molar-refractivity contribution is -0.152. The zero-order valence-electron chi connectivity index (χ0n) is 6.99. The Morgan fingerprint density at radius 3 is 2.92 bits per heavy atom. The molecular formula is C8H14N2O2. The van der Waals surface area contributed by atoms with Crippen LogP contribution in [0, 0.1) is 5.92 Å². The number of piperidine rings is 1. The minimum Gasteiger partial charge on any atom is -0.480 e. The third-order valence-electron chi connectivity index (χ3n) is 2.84. The highest BCUT2D eigenvalue weighted by Crippen LogP contribution is 2.27. The van der Waals surface area contributed by atoms with Crippen molar-refractivity contribution in [2.45, 2.75) is 25.3 Å². The summed E-state index contributed by atoms with van der Waals surface area (Å²) in [5.41, 5.74) is 3.13. The molecule has 68 valence electrons. The summed E-state index contributed by atoms with van der Waals surface area (Å²) in [6, 6.07) is -0.271. The van der Waals surface area contributed by atoms with Gasteiger partial charge in [-0.05, 0) is 25.2 Å². The number of hydrogen-bond acceptors (Lipinski definition) is 3. The van der Waals surface area contributed by atoms with Crippen molar-refractivity contribution in [1.29, 1.82) is 0 Å². The molecule has 2 N–H and O–H groups in total. The van der Waals surface area contributed by atoms with Crippen LogP contribution in [0.15, 0.2) is 0 Å². The van der Waals surface area contributed by atoms with E-state index in [0.29, 0.717) is 5.92 Å². The molecule has 2 aliphatic heterocycles. The second kappa shape index (κ2) is 3.03. The van der Waals surface area contributed by atoms with Gasteiger partial charge in [0, 0.05) is 13.1 Å². The van der Waals surface area contributed by atoms with Gasteiger partial charge in [-0.15, -0.1) is 0 Å². The molecule has 0 saturated carbocycles. The minimum atomic E-state index is -0.674. The molecular weight excluding hydrogens is 156 g/mol. The van der Waals surface area contributed by atoms with Crippen LogP contribution >= 0.6 is 0 Å². The van der Waals surface area contributed by atoms with Crippen LogP contribution in [0.3, 0.4) is 0 Å². The molecule has 2 aliphatic rings. The minimum absolute atomic E-state index is 0.271. The average Bonchev–Trinajstić information content (AvgIpc) is 2.02. The lowest BCUT2D eigenvalue weighted by Gasteiger charge is -2.43. The molecule has 2 bridgehead atoms. The van der Waals surface area contributed by atoms with E-state index in [-0.39, 0.29) is 6.04 Å². The summed E-state index contributed by atoms with van der Waals surface area (Å²) in [5, 5.41) is 10.9. The highest BCUT2D eigenvalue weighted by molar-refractivity contribution is 5.74. The Bertz CT molecular complexity index is 173. The van der Waals surface area contributed by atoms with Crippen molar-refractivity contribution in [2.75, 3.05) is 13.1 Å². The number of nitrogens with zero attached hydrogens (tertiary/aromatic N) is 1. The van der Waals surface area contributed by atoms with E-state index >= 15 is 0 Å². The molecule has 2 rings (SSSR count). The van der Waals surface area contributed by atoms with Gasteiger partial charge in [-0.3, -0.25) is 10.2 Å². The van der Waals surface area contributed by atoms with E-state index in [1.807, 2.05) is 5.01 Å². The fraction of sp³-hybridized carbons (Fsp3) is 0.875. The standard InChI is InChI=1S/C8H14N2O2/c11-8(12)7-6-2-1-5-10(7)9-4-3-6/h6-7,9H,1-5H2,(H,11,12). The highest BCUT2D eigenvalue weighted by atomic mass is 16.4. The Morgan fingerprint density at radius 1 is 1.50 bits per heavy atom. The first-order valence-corrected chi connectivity index (χ1v) is 4.52. The molecule has 3 unspecified atom stereocenters. The van der Waals surface area contributed by atoms with Gasteiger partial charge in [0.25, 0.3) is 0 Å².